The van der Waals surface area contributed by atoms with Gasteiger partial charge in [-0.1, -0.05) is 58.0 Å². The number of hydrogen-bond donors (Lipinski definition) is 1. The Kier molecular flexibility index (Phi) is 8.33. The summed E-state index contributed by atoms with van der Waals surface area (Å²) in [5.41, 5.74) is 0. The number of carbonyl (C=O) groups is 1. The van der Waals surface area contributed by atoms with Crippen LogP contribution in [0.25, 0.3) is 0 Å². The van der Waals surface area contributed by atoms with Gasteiger partial charge in [0.2, 0.25) is 0 Å². The number of carboxylic acid groups (broad SMARTS) is 1. The van der Waals surface area contributed by atoms with Crippen LogP contribution in [0.2, 0.25) is 0 Å². The van der Waals surface area contributed by atoms with Crippen molar-refractivity contribution in [2.45, 2.75) is 6.42 Å². The maximum Gasteiger partial charge on any atom is 0.304 e. The summed E-state index contributed by atoms with van der Waals surface area (Å²) in [6.45, 7) is 0. The van der Waals surface area contributed by atoms with Gasteiger partial charge in [-0.2, -0.15) is 0 Å². The highest BCUT2D eigenvalue weighted by Gasteiger charge is 2.10. The van der Waals surface area contributed by atoms with E-state index in [4.69, 9.17) is 63.1 Å². The maximum atomic E-state index is 10.2. The van der Waals surface area contributed by atoms with Crippen molar-refractivity contribution >= 4 is 75.7 Å². The molecule has 1 N–H and O–H groups in total. The van der Waals surface area contributed by atoms with E-state index in [0.29, 0.717) is 0 Å². The Morgan fingerprint density at radius 2 is 1.60 bits per heavy atom. The molecule has 0 unspecified atom stereocenters. The summed E-state index contributed by atoms with van der Waals surface area (Å²) in [4.78, 5) is 10.2. The van der Waals surface area contributed by atoms with E-state index >= 15 is 0 Å². The van der Waals surface area contributed by atoms with Crippen LogP contribution in [-0.2, 0) is 4.79 Å². The second-order valence-electron chi connectivity index (χ2n) is 2.15. The lowest BCUT2D eigenvalue weighted by Crippen LogP contribution is -1.95. The van der Waals surface area contributed by atoms with Crippen LogP contribution in [0.15, 0.2) is 18.9 Å². The van der Waals surface area contributed by atoms with Crippen LogP contribution in [0.3, 0.4) is 0 Å². The standard InChI is InChI=1S/C7H5Cl5O2S/c8-4(6(10)11)5(9)7(12)15-2-1-3(13)14/h1-2H2,(H,13,14)/b7-5-. The lowest BCUT2D eigenvalue weighted by molar-refractivity contribution is -0.136. The molecule has 0 aromatic rings. The first-order chi connectivity index (χ1) is 6.86. The zero-order chi connectivity index (χ0) is 12.0. The predicted octanol–water partition coefficient (Wildman–Crippen LogP) is 4.73. The molecule has 15 heavy (non-hydrogen) atoms. The maximum absolute atomic E-state index is 10.2. The molecule has 0 aromatic heterocycles. The van der Waals surface area contributed by atoms with Gasteiger partial charge in [-0.25, -0.2) is 0 Å². The van der Waals surface area contributed by atoms with Crippen LogP contribution >= 0.6 is 69.8 Å². The second-order valence-corrected chi connectivity index (χ2v) is 5.57. The summed E-state index contributed by atoms with van der Waals surface area (Å²) in [6, 6.07) is 0. The van der Waals surface area contributed by atoms with Crippen molar-refractivity contribution in [2.75, 3.05) is 5.75 Å². The van der Waals surface area contributed by atoms with Crippen molar-refractivity contribution in [2.24, 2.45) is 0 Å². The SMILES string of the molecule is O=C(O)CCS/C(Cl)=C(\Cl)C(Cl)=C(Cl)Cl. The number of halogens is 5. The molecular weight excluding hydrogens is 325 g/mol. The molecule has 0 saturated heterocycles. The van der Waals surface area contributed by atoms with Crippen molar-refractivity contribution < 1.29 is 9.90 Å². The van der Waals surface area contributed by atoms with Gasteiger partial charge in [0, 0.05) is 5.75 Å². The Bertz CT molecular complexity index is 309. The monoisotopic (exact) mass is 328 g/mol. The third kappa shape index (κ3) is 6.82. The van der Waals surface area contributed by atoms with Crippen molar-refractivity contribution in [1.82, 2.24) is 0 Å². The third-order valence-electron chi connectivity index (χ3n) is 1.08. The molecule has 0 aromatic carbocycles. The average molecular weight is 330 g/mol. The number of rotatable bonds is 5. The lowest BCUT2D eigenvalue weighted by Gasteiger charge is -2.01. The molecule has 2 nitrogen and oxygen atoms in total. The second kappa shape index (κ2) is 7.93. The van der Waals surface area contributed by atoms with E-state index in [1.165, 1.54) is 0 Å². The summed E-state index contributed by atoms with van der Waals surface area (Å²) in [7, 11) is 0. The first-order valence-electron chi connectivity index (χ1n) is 3.47. The molecule has 0 atom stereocenters. The van der Waals surface area contributed by atoms with E-state index in [2.05, 4.69) is 0 Å². The quantitative estimate of drug-likeness (QED) is 0.741. The zero-order valence-electron chi connectivity index (χ0n) is 7.07. The molecule has 0 bridgehead atoms. The molecule has 0 aliphatic carbocycles. The molecule has 8 heteroatoms. The Labute approximate surface area is 116 Å². The van der Waals surface area contributed by atoms with E-state index in [9.17, 15) is 4.79 Å². The first kappa shape index (κ1) is 15.8. The molecule has 0 rings (SSSR count). The Morgan fingerprint density at radius 3 is 2.00 bits per heavy atom. The van der Waals surface area contributed by atoms with Crippen LogP contribution in [0.4, 0.5) is 0 Å². The Morgan fingerprint density at radius 1 is 1.07 bits per heavy atom. The van der Waals surface area contributed by atoms with Crippen LogP contribution < -0.4 is 0 Å². The molecule has 0 amide bonds. The third-order valence-corrected chi connectivity index (χ3v) is 4.09. The fraction of sp³-hybridized carbons (Fsp3) is 0.286. The smallest absolute Gasteiger partial charge is 0.304 e. The van der Waals surface area contributed by atoms with Crippen molar-refractivity contribution in [3.8, 4) is 0 Å². The highest BCUT2D eigenvalue weighted by atomic mass is 35.5. The van der Waals surface area contributed by atoms with Crippen LogP contribution in [0, 0.1) is 0 Å². The van der Waals surface area contributed by atoms with Gasteiger partial charge in [0.25, 0.3) is 0 Å². The topological polar surface area (TPSA) is 37.3 Å². The fourth-order valence-corrected chi connectivity index (χ4v) is 2.21. The Hall–Kier alpha value is 0.750. The van der Waals surface area contributed by atoms with Gasteiger partial charge in [-0.05, 0) is 0 Å². The van der Waals surface area contributed by atoms with Crippen LogP contribution in [0.1, 0.15) is 6.42 Å². The summed E-state index contributed by atoms with van der Waals surface area (Å²) in [5.74, 6) is -0.630. The molecule has 0 fully saturated rings. The van der Waals surface area contributed by atoms with Crippen molar-refractivity contribution in [1.29, 1.82) is 0 Å². The Balaban J connectivity index is 4.40. The average Bonchev–Trinajstić information content (AvgIpc) is 2.14. The number of allylic oxidation sites excluding steroid dienone is 2. The van der Waals surface area contributed by atoms with Crippen LogP contribution in [-0.4, -0.2) is 16.8 Å². The molecule has 0 spiro atoms. The van der Waals surface area contributed by atoms with Gasteiger partial charge in [-0.15, -0.1) is 11.8 Å². The van der Waals surface area contributed by atoms with E-state index in [-0.39, 0.29) is 31.1 Å². The number of carboxylic acids is 1. The van der Waals surface area contributed by atoms with Gasteiger partial charge >= 0.3 is 5.97 Å². The zero-order valence-corrected chi connectivity index (χ0v) is 11.7. The molecule has 0 heterocycles. The number of thioether (sulfide) groups is 1. The number of hydrogen-bond acceptors (Lipinski definition) is 2. The minimum absolute atomic E-state index is 0.00808. The minimum atomic E-state index is -0.917. The van der Waals surface area contributed by atoms with Gasteiger partial charge in [0.1, 0.15) is 4.49 Å². The van der Waals surface area contributed by atoms with Gasteiger partial charge < -0.3 is 5.11 Å². The first-order valence-corrected chi connectivity index (χ1v) is 6.34. The molecule has 86 valence electrons. The molecule has 0 aliphatic heterocycles. The van der Waals surface area contributed by atoms with Crippen LogP contribution in [0.5, 0.6) is 0 Å². The summed E-state index contributed by atoms with van der Waals surface area (Å²) in [6.07, 6.45) is -0.0268. The van der Waals surface area contributed by atoms with Gasteiger partial charge in [0.15, 0.2) is 0 Å². The minimum Gasteiger partial charge on any atom is -0.481 e. The molecule has 0 saturated carbocycles. The van der Waals surface area contributed by atoms with E-state index in [1.807, 2.05) is 0 Å². The molecular formula is C7H5Cl5O2S. The van der Waals surface area contributed by atoms with E-state index in [1.54, 1.807) is 0 Å². The number of aliphatic carboxylic acids is 1. The van der Waals surface area contributed by atoms with E-state index in [0.717, 1.165) is 11.8 Å². The van der Waals surface area contributed by atoms with Gasteiger partial charge in [-0.3, -0.25) is 4.79 Å². The normalized spacial score (nSPS) is 12.1. The predicted molar refractivity (Wildman–Crippen MR) is 68.0 cm³/mol. The highest BCUT2D eigenvalue weighted by Crippen LogP contribution is 2.36. The summed E-state index contributed by atoms with van der Waals surface area (Å²) >= 11 is 28.9. The summed E-state index contributed by atoms with van der Waals surface area (Å²) in [5, 5.41) is 8.33. The van der Waals surface area contributed by atoms with Gasteiger partial charge in [0.05, 0.1) is 20.8 Å². The van der Waals surface area contributed by atoms with Crippen molar-refractivity contribution in [3.63, 3.8) is 0 Å². The summed E-state index contributed by atoms with van der Waals surface area (Å²) < 4.78 is -0.0413. The molecule has 0 aliphatic rings. The largest absolute Gasteiger partial charge is 0.481 e. The highest BCUT2D eigenvalue weighted by molar-refractivity contribution is 8.04. The van der Waals surface area contributed by atoms with E-state index < -0.39 is 5.97 Å². The van der Waals surface area contributed by atoms with Crippen molar-refractivity contribution in [3.05, 3.63) is 18.9 Å². The molecule has 0 radical (unpaired) electrons. The fourth-order valence-electron chi connectivity index (χ4n) is 0.461. The lowest BCUT2D eigenvalue weighted by atomic mass is 10.5.